The number of alkyl halides is 6. The van der Waals surface area contributed by atoms with Crippen molar-refractivity contribution in [2.45, 2.75) is 19.3 Å². The Bertz CT molecular complexity index is 2270. The molecule has 0 aliphatic carbocycles. The van der Waals surface area contributed by atoms with Gasteiger partial charge in [0.25, 0.3) is 0 Å². The van der Waals surface area contributed by atoms with Gasteiger partial charge in [-0.05, 0) is 35.9 Å². The number of methoxy groups -OCH3 is 1. The third kappa shape index (κ3) is 8.91. The van der Waals surface area contributed by atoms with E-state index in [9.17, 15) is 36.6 Å². The van der Waals surface area contributed by atoms with Gasteiger partial charge in [0.05, 0.1) is 17.7 Å². The van der Waals surface area contributed by atoms with Gasteiger partial charge in [-0.15, -0.1) is 20.5 Å². The Morgan fingerprint density at radius 2 is 1.20 bits per heavy atom. The summed E-state index contributed by atoms with van der Waals surface area (Å²) < 4.78 is 82.6. The number of fused-ring (bicyclic) bond motifs is 2. The van der Waals surface area contributed by atoms with Crippen molar-refractivity contribution in [2.24, 2.45) is 20.5 Å². The van der Waals surface area contributed by atoms with E-state index in [-0.39, 0.29) is 59.0 Å². The molecule has 0 fully saturated rings. The smallest absolute Gasteiger partial charge is 0.425 e. The summed E-state index contributed by atoms with van der Waals surface area (Å²) in [7, 11) is 1.08. The third-order valence-electron chi connectivity index (χ3n) is 6.84. The predicted molar refractivity (Wildman–Crippen MR) is 172 cm³/mol. The standard InChI is InChI=1S/C17H13F3N4O2.C16H9ClF3N3O.Zn/c1-9-21-15(13(17(18,19)20)16(22-9)26-2)24-23-14-11-6-4-3-5-10(11)7-8-12(14)25;17-12-7-10(16(18,19)20)8-21-15(12)23-22-14-11-4-2-1-3-9(11)5-6-13(14)24;/h3-8,25H,1-2H3;1-8,24H;. The number of azo groups is 2. The molecule has 51 heavy (non-hydrogen) atoms. The van der Waals surface area contributed by atoms with Crippen LogP contribution in [0.1, 0.15) is 17.0 Å². The molecule has 18 heteroatoms. The minimum atomic E-state index is -4.78. The SMILES string of the molecule is COc1nc(C)nc(N=Nc2c(O)ccc3ccccc23)c1C(F)(F)F.Oc1ccc2ccccc2c1N=Nc1ncc(C(F)(F)F)cc1Cl.[Zn]. The van der Waals surface area contributed by atoms with Gasteiger partial charge in [-0.3, -0.25) is 0 Å². The molecular weight excluding hydrogens is 757 g/mol. The van der Waals surface area contributed by atoms with E-state index < -0.39 is 35.2 Å². The molecule has 10 nitrogen and oxygen atoms in total. The maximum Gasteiger partial charge on any atom is 0.425 e. The first kappa shape index (κ1) is 38.5. The molecule has 0 saturated heterocycles. The summed E-state index contributed by atoms with van der Waals surface area (Å²) in [6.45, 7) is 1.41. The molecule has 2 aromatic heterocycles. The molecule has 0 unspecified atom stereocenters. The number of aryl methyl sites for hydroxylation is 1. The van der Waals surface area contributed by atoms with E-state index in [1.54, 1.807) is 48.5 Å². The van der Waals surface area contributed by atoms with Crippen molar-refractivity contribution < 1.29 is 60.8 Å². The molecule has 2 heterocycles. The second-order valence-electron chi connectivity index (χ2n) is 10.2. The molecule has 0 aliphatic rings. The maximum atomic E-state index is 13.4. The fourth-order valence-electron chi connectivity index (χ4n) is 4.55. The van der Waals surface area contributed by atoms with Crippen molar-refractivity contribution in [2.75, 3.05) is 7.11 Å². The average molecular weight is 779 g/mol. The van der Waals surface area contributed by atoms with Gasteiger partial charge < -0.3 is 14.9 Å². The monoisotopic (exact) mass is 777 g/mol. The number of aromatic hydroxyl groups is 2. The zero-order valence-corrected chi connectivity index (χ0v) is 30.1. The summed E-state index contributed by atoms with van der Waals surface area (Å²) >= 11 is 5.78. The number of phenols is 2. The molecule has 0 saturated carbocycles. The van der Waals surface area contributed by atoms with Gasteiger partial charge in [0.2, 0.25) is 5.88 Å². The van der Waals surface area contributed by atoms with Crippen LogP contribution >= 0.6 is 11.6 Å². The van der Waals surface area contributed by atoms with Crippen LogP contribution in [-0.2, 0) is 31.8 Å². The number of benzene rings is 4. The first-order chi connectivity index (χ1) is 23.7. The molecule has 0 amide bonds. The van der Waals surface area contributed by atoms with Crippen LogP contribution in [0.25, 0.3) is 21.5 Å². The zero-order valence-electron chi connectivity index (χ0n) is 26.4. The van der Waals surface area contributed by atoms with Crippen LogP contribution in [0.5, 0.6) is 17.4 Å². The summed E-state index contributed by atoms with van der Waals surface area (Å²) in [6.07, 6.45) is -8.70. The van der Waals surface area contributed by atoms with E-state index in [1.807, 2.05) is 12.1 Å². The number of hydrogen-bond acceptors (Lipinski definition) is 10. The first-order valence-corrected chi connectivity index (χ1v) is 14.5. The summed E-state index contributed by atoms with van der Waals surface area (Å²) in [4.78, 5) is 10.9. The molecule has 0 bridgehead atoms. The van der Waals surface area contributed by atoms with Gasteiger partial charge in [-0.1, -0.05) is 72.3 Å². The molecule has 2 N–H and O–H groups in total. The molecule has 258 valence electrons. The Balaban J connectivity index is 0.000000225. The molecule has 6 aromatic rings. The number of pyridine rings is 1. The Morgan fingerprint density at radius 1 is 0.686 bits per heavy atom. The third-order valence-corrected chi connectivity index (χ3v) is 7.12. The Hall–Kier alpha value is -5.28. The van der Waals surface area contributed by atoms with Crippen molar-refractivity contribution in [1.82, 2.24) is 15.0 Å². The van der Waals surface area contributed by atoms with E-state index in [2.05, 4.69) is 35.4 Å². The van der Waals surface area contributed by atoms with E-state index in [4.69, 9.17) is 16.3 Å². The second kappa shape index (κ2) is 15.7. The summed E-state index contributed by atoms with van der Waals surface area (Å²) in [5.41, 5.74) is -1.97. The van der Waals surface area contributed by atoms with Crippen LogP contribution in [-0.4, -0.2) is 32.3 Å². The van der Waals surface area contributed by atoms with Crippen molar-refractivity contribution in [3.8, 4) is 17.4 Å². The fourth-order valence-corrected chi connectivity index (χ4v) is 4.76. The normalized spacial score (nSPS) is 11.9. The Labute approximate surface area is 302 Å². The number of halogens is 7. The van der Waals surface area contributed by atoms with Crippen LogP contribution in [0.15, 0.2) is 106 Å². The van der Waals surface area contributed by atoms with Crippen LogP contribution in [0.2, 0.25) is 5.02 Å². The van der Waals surface area contributed by atoms with Crippen LogP contribution in [0, 0.1) is 6.92 Å². The molecular formula is C33H22ClF6N7O3Zn. The largest absolute Gasteiger partial charge is 0.506 e. The summed E-state index contributed by atoms with van der Waals surface area (Å²) in [6, 6.07) is 21.1. The van der Waals surface area contributed by atoms with E-state index in [0.29, 0.717) is 17.0 Å². The Kier molecular flexibility index (Phi) is 11.9. The van der Waals surface area contributed by atoms with E-state index in [0.717, 1.165) is 23.9 Å². The van der Waals surface area contributed by atoms with Crippen molar-refractivity contribution in [3.05, 3.63) is 107 Å². The fraction of sp³-hybridized carbons (Fsp3) is 0.121. The number of rotatable bonds is 5. The van der Waals surface area contributed by atoms with Crippen molar-refractivity contribution in [1.29, 1.82) is 0 Å². The topological polar surface area (TPSA) is 138 Å². The molecule has 6 rings (SSSR count). The minimum absolute atomic E-state index is 0. The van der Waals surface area contributed by atoms with E-state index >= 15 is 0 Å². The van der Waals surface area contributed by atoms with Gasteiger partial charge >= 0.3 is 12.4 Å². The maximum absolute atomic E-state index is 13.4. The van der Waals surface area contributed by atoms with Crippen molar-refractivity contribution >= 4 is 56.2 Å². The van der Waals surface area contributed by atoms with Crippen LogP contribution in [0.4, 0.5) is 49.4 Å². The van der Waals surface area contributed by atoms with Gasteiger partial charge in [-0.2, -0.15) is 31.3 Å². The predicted octanol–water partition coefficient (Wildman–Crippen LogP) is 11.1. The average Bonchev–Trinajstić information content (AvgIpc) is 3.07. The first-order valence-electron chi connectivity index (χ1n) is 14.1. The molecule has 0 aliphatic heterocycles. The van der Waals surface area contributed by atoms with Gasteiger partial charge in [0.1, 0.15) is 28.7 Å². The number of phenolic OH excluding ortho intramolecular Hbond substituents is 2. The van der Waals surface area contributed by atoms with Crippen LogP contribution in [0.3, 0.4) is 0 Å². The molecule has 0 spiro atoms. The summed E-state index contributed by atoms with van der Waals surface area (Å²) in [5, 5.41) is 37.6. The number of aromatic nitrogens is 3. The van der Waals surface area contributed by atoms with Crippen molar-refractivity contribution in [3.63, 3.8) is 0 Å². The van der Waals surface area contributed by atoms with Gasteiger partial charge in [0.15, 0.2) is 17.2 Å². The molecule has 0 radical (unpaired) electrons. The minimum Gasteiger partial charge on any atom is -0.506 e. The van der Waals surface area contributed by atoms with Crippen LogP contribution < -0.4 is 4.74 Å². The quantitative estimate of drug-likeness (QED) is 0.101. The summed E-state index contributed by atoms with van der Waals surface area (Å²) in [5.74, 6) is -1.77. The zero-order chi connectivity index (χ0) is 36.2. The van der Waals surface area contributed by atoms with E-state index in [1.165, 1.54) is 19.1 Å². The second-order valence-corrected chi connectivity index (χ2v) is 10.6. The van der Waals surface area contributed by atoms with Gasteiger partial charge in [0, 0.05) is 36.4 Å². The number of nitrogens with zero attached hydrogens (tertiary/aromatic N) is 7. The number of hydrogen-bond donors (Lipinski definition) is 2. The Morgan fingerprint density at radius 3 is 1.67 bits per heavy atom. The molecule has 0 atom stereocenters. The van der Waals surface area contributed by atoms with Gasteiger partial charge in [-0.25, -0.2) is 9.97 Å². The molecule has 4 aromatic carbocycles. The number of ether oxygens (including phenoxy) is 1.